The van der Waals surface area contributed by atoms with E-state index in [1.165, 1.54) is 44.3 Å². The standard InChI is InChI=1S/C19H29NO/c1-18(2,3)13-19(16-5-4-6-17(21)11-16)9-10-20(14-19)12-15-7-8-15/h4-6,11,15,21H,7-10,12-14H2,1-3H3/t19-/m0/s1. The number of aromatic hydroxyl groups is 1. The van der Waals surface area contributed by atoms with Gasteiger partial charge in [-0.3, -0.25) is 0 Å². The average Bonchev–Trinajstić information content (AvgIpc) is 3.09. The van der Waals surface area contributed by atoms with Crippen LogP contribution in [0.5, 0.6) is 5.75 Å². The molecule has 0 bridgehead atoms. The maximum Gasteiger partial charge on any atom is 0.115 e. The van der Waals surface area contributed by atoms with Gasteiger partial charge >= 0.3 is 0 Å². The quantitative estimate of drug-likeness (QED) is 0.898. The zero-order valence-corrected chi connectivity index (χ0v) is 13.7. The molecule has 3 rings (SSSR count). The van der Waals surface area contributed by atoms with Gasteiger partial charge in [0.05, 0.1) is 0 Å². The molecule has 0 aromatic heterocycles. The van der Waals surface area contributed by atoms with Gasteiger partial charge in [-0.25, -0.2) is 0 Å². The fourth-order valence-corrected chi connectivity index (χ4v) is 4.11. The molecule has 1 N–H and O–H groups in total. The van der Waals surface area contributed by atoms with Crippen LogP contribution in [0.1, 0.15) is 52.0 Å². The van der Waals surface area contributed by atoms with Gasteiger partial charge < -0.3 is 10.0 Å². The first-order valence-electron chi connectivity index (χ1n) is 8.38. The molecular weight excluding hydrogens is 258 g/mol. The largest absolute Gasteiger partial charge is 0.508 e. The third-order valence-corrected chi connectivity index (χ3v) is 4.97. The molecule has 2 aliphatic rings. The number of hydrogen-bond donors (Lipinski definition) is 1. The maximum absolute atomic E-state index is 9.89. The number of rotatable bonds is 4. The lowest BCUT2D eigenvalue weighted by Crippen LogP contribution is -2.35. The molecule has 116 valence electrons. The van der Waals surface area contributed by atoms with Crippen LogP contribution in [0.4, 0.5) is 0 Å². The molecule has 1 aliphatic heterocycles. The van der Waals surface area contributed by atoms with Crippen molar-refractivity contribution in [2.75, 3.05) is 19.6 Å². The Hall–Kier alpha value is -1.02. The van der Waals surface area contributed by atoms with E-state index in [-0.39, 0.29) is 5.41 Å². The van der Waals surface area contributed by atoms with Crippen molar-refractivity contribution in [1.82, 2.24) is 4.90 Å². The molecule has 1 aromatic rings. The van der Waals surface area contributed by atoms with Gasteiger partial charge in [-0.2, -0.15) is 0 Å². The molecule has 0 amide bonds. The Bertz CT molecular complexity index is 501. The van der Waals surface area contributed by atoms with E-state index in [1.807, 2.05) is 12.1 Å². The van der Waals surface area contributed by atoms with Crippen molar-refractivity contribution in [2.45, 2.75) is 51.9 Å². The molecule has 2 fully saturated rings. The van der Waals surface area contributed by atoms with Crippen molar-refractivity contribution in [3.63, 3.8) is 0 Å². The molecule has 21 heavy (non-hydrogen) atoms. The highest BCUT2D eigenvalue weighted by Crippen LogP contribution is 2.45. The monoisotopic (exact) mass is 287 g/mol. The second-order valence-electron chi connectivity index (χ2n) is 8.50. The van der Waals surface area contributed by atoms with Gasteiger partial charge in [0.1, 0.15) is 5.75 Å². The lowest BCUT2D eigenvalue weighted by molar-refractivity contribution is 0.234. The number of benzene rings is 1. The lowest BCUT2D eigenvalue weighted by Gasteiger charge is -2.36. The van der Waals surface area contributed by atoms with Gasteiger partial charge in [0.15, 0.2) is 0 Å². The summed E-state index contributed by atoms with van der Waals surface area (Å²) >= 11 is 0. The minimum absolute atomic E-state index is 0.214. The molecule has 1 heterocycles. The van der Waals surface area contributed by atoms with Gasteiger partial charge in [0, 0.05) is 18.5 Å². The van der Waals surface area contributed by atoms with Crippen LogP contribution < -0.4 is 0 Å². The molecule has 2 nitrogen and oxygen atoms in total. The predicted molar refractivity (Wildman–Crippen MR) is 87.6 cm³/mol. The van der Waals surface area contributed by atoms with Crippen LogP contribution in [0.3, 0.4) is 0 Å². The molecule has 1 saturated heterocycles. The molecular formula is C19H29NO. The van der Waals surface area contributed by atoms with Gasteiger partial charge in [-0.05, 0) is 61.3 Å². The van der Waals surface area contributed by atoms with Crippen molar-refractivity contribution in [1.29, 1.82) is 0 Å². The second kappa shape index (κ2) is 5.31. The lowest BCUT2D eigenvalue weighted by atomic mass is 9.69. The first kappa shape index (κ1) is 14.9. The molecule has 0 unspecified atom stereocenters. The van der Waals surface area contributed by atoms with E-state index < -0.39 is 0 Å². The molecule has 1 aromatic carbocycles. The normalized spacial score (nSPS) is 27.2. The first-order valence-corrected chi connectivity index (χ1v) is 8.38. The minimum atomic E-state index is 0.214. The SMILES string of the molecule is CC(C)(C)C[C@@]1(c2cccc(O)c2)CCN(CC2CC2)C1. The van der Waals surface area contributed by atoms with Gasteiger partial charge in [-0.15, -0.1) is 0 Å². The van der Waals surface area contributed by atoms with E-state index in [0.717, 1.165) is 12.5 Å². The van der Waals surface area contributed by atoms with Gasteiger partial charge in [0.25, 0.3) is 0 Å². The Labute approximate surface area is 129 Å². The van der Waals surface area contributed by atoms with E-state index in [4.69, 9.17) is 0 Å². The van der Waals surface area contributed by atoms with Crippen LogP contribution >= 0.6 is 0 Å². The molecule has 0 spiro atoms. The van der Waals surface area contributed by atoms with Crippen molar-refractivity contribution in [3.8, 4) is 5.75 Å². The summed E-state index contributed by atoms with van der Waals surface area (Å²) in [5.74, 6) is 1.36. The number of nitrogens with zero attached hydrogens (tertiary/aromatic N) is 1. The van der Waals surface area contributed by atoms with Gasteiger partial charge in [-0.1, -0.05) is 32.9 Å². The number of phenolic OH excluding ortho intramolecular Hbond substituents is 1. The van der Waals surface area contributed by atoms with Crippen molar-refractivity contribution < 1.29 is 5.11 Å². The molecule has 2 heteroatoms. The Morgan fingerprint density at radius 2 is 2.05 bits per heavy atom. The fraction of sp³-hybridized carbons (Fsp3) is 0.684. The number of hydrogen-bond acceptors (Lipinski definition) is 2. The molecule has 1 saturated carbocycles. The Morgan fingerprint density at radius 3 is 2.67 bits per heavy atom. The van der Waals surface area contributed by atoms with Crippen LogP contribution in [0.15, 0.2) is 24.3 Å². The van der Waals surface area contributed by atoms with Crippen LogP contribution in [0.2, 0.25) is 0 Å². The highest BCUT2D eigenvalue weighted by Gasteiger charge is 2.43. The topological polar surface area (TPSA) is 23.5 Å². The summed E-state index contributed by atoms with van der Waals surface area (Å²) in [4.78, 5) is 2.66. The smallest absolute Gasteiger partial charge is 0.115 e. The zero-order valence-electron chi connectivity index (χ0n) is 13.7. The third-order valence-electron chi connectivity index (χ3n) is 4.97. The van der Waals surface area contributed by atoms with Crippen LogP contribution in [-0.2, 0) is 5.41 Å². The summed E-state index contributed by atoms with van der Waals surface area (Å²) in [5, 5.41) is 9.89. The summed E-state index contributed by atoms with van der Waals surface area (Å²) in [6.07, 6.45) is 5.26. The van der Waals surface area contributed by atoms with Crippen molar-refractivity contribution in [3.05, 3.63) is 29.8 Å². The van der Waals surface area contributed by atoms with E-state index in [1.54, 1.807) is 6.07 Å². The highest BCUT2D eigenvalue weighted by atomic mass is 16.3. The maximum atomic E-state index is 9.89. The third kappa shape index (κ3) is 3.60. The molecule has 0 radical (unpaired) electrons. The summed E-state index contributed by atoms with van der Waals surface area (Å²) in [6, 6.07) is 7.99. The van der Waals surface area contributed by atoms with E-state index in [2.05, 4.69) is 31.7 Å². The summed E-state index contributed by atoms with van der Waals surface area (Å²) in [5.41, 5.74) is 1.85. The van der Waals surface area contributed by atoms with Crippen LogP contribution in [0.25, 0.3) is 0 Å². The van der Waals surface area contributed by atoms with Crippen molar-refractivity contribution >= 4 is 0 Å². The molecule has 1 atom stereocenters. The van der Waals surface area contributed by atoms with Crippen molar-refractivity contribution in [2.24, 2.45) is 11.3 Å². The van der Waals surface area contributed by atoms with E-state index in [9.17, 15) is 5.11 Å². The van der Waals surface area contributed by atoms with E-state index >= 15 is 0 Å². The Morgan fingerprint density at radius 1 is 1.29 bits per heavy atom. The zero-order chi connectivity index (χ0) is 15.1. The number of phenols is 1. The molecule has 1 aliphatic carbocycles. The van der Waals surface area contributed by atoms with Gasteiger partial charge in [0.2, 0.25) is 0 Å². The summed E-state index contributed by atoms with van der Waals surface area (Å²) < 4.78 is 0. The highest BCUT2D eigenvalue weighted by molar-refractivity contribution is 5.35. The second-order valence-corrected chi connectivity index (χ2v) is 8.50. The van der Waals surface area contributed by atoms with Crippen LogP contribution in [-0.4, -0.2) is 29.6 Å². The fourth-order valence-electron chi connectivity index (χ4n) is 4.11. The Kier molecular flexibility index (Phi) is 3.77. The Balaban J connectivity index is 1.84. The number of likely N-dealkylation sites (tertiary alicyclic amines) is 1. The summed E-state index contributed by atoms with van der Waals surface area (Å²) in [6.45, 7) is 10.7. The predicted octanol–water partition coefficient (Wildman–Crippen LogP) is 4.18. The average molecular weight is 287 g/mol. The van der Waals surface area contributed by atoms with E-state index in [0.29, 0.717) is 11.2 Å². The minimum Gasteiger partial charge on any atom is -0.508 e. The first-order chi connectivity index (χ1) is 9.86. The van der Waals surface area contributed by atoms with Crippen LogP contribution in [0, 0.1) is 11.3 Å². The summed E-state index contributed by atoms with van der Waals surface area (Å²) in [7, 11) is 0.